The zero-order valence-corrected chi connectivity index (χ0v) is 18.4. The molecule has 0 aromatic carbocycles. The highest BCUT2D eigenvalue weighted by Gasteiger charge is 2.20. The summed E-state index contributed by atoms with van der Waals surface area (Å²) in [4.78, 5) is 21.4. The van der Waals surface area contributed by atoms with Crippen molar-refractivity contribution in [1.29, 1.82) is 0 Å². The summed E-state index contributed by atoms with van der Waals surface area (Å²) in [5, 5.41) is 23.8. The maximum atomic E-state index is 10.7. The van der Waals surface area contributed by atoms with Crippen LogP contribution in [0.25, 0.3) is 0 Å². The second-order valence-electron chi connectivity index (χ2n) is 8.08. The minimum Gasteiger partial charge on any atom is -0.480 e. The maximum Gasteiger partial charge on any atom is 0.327 e. The monoisotopic (exact) mass is 416 g/mol. The highest BCUT2D eigenvalue weighted by Crippen LogP contribution is 2.22. The number of amides is 1. The molecule has 28 heavy (non-hydrogen) atoms. The average Bonchev–Trinajstić information content (AvgIpc) is 2.67. The van der Waals surface area contributed by atoms with E-state index in [1.165, 1.54) is 82.9 Å². The number of nitrogens with one attached hydrogen (secondary N) is 2. The fraction of sp³-hybridized carbons (Fsp3) is 0.905. The second kappa shape index (κ2) is 15.1. The SMILES string of the molecule is C1CCC(NC2CCCCC2)CC1.CC(=O)N[C@@H](CSC(C)CCO)C(=O)O. The molecule has 0 radical (unpaired) electrons. The first-order valence-corrected chi connectivity index (χ1v) is 12.0. The van der Waals surface area contributed by atoms with E-state index in [2.05, 4.69) is 10.6 Å². The molecule has 2 fully saturated rings. The molecule has 2 aliphatic rings. The van der Waals surface area contributed by atoms with E-state index in [1.54, 1.807) is 0 Å². The van der Waals surface area contributed by atoms with Crippen LogP contribution < -0.4 is 10.6 Å². The summed E-state index contributed by atoms with van der Waals surface area (Å²) in [6.45, 7) is 3.29. The van der Waals surface area contributed by atoms with Crippen LogP contribution in [0.4, 0.5) is 0 Å². The summed E-state index contributed by atoms with van der Waals surface area (Å²) in [5.74, 6) is -1.07. The van der Waals surface area contributed by atoms with Gasteiger partial charge in [0.15, 0.2) is 0 Å². The molecule has 0 aromatic heterocycles. The highest BCUT2D eigenvalue weighted by atomic mass is 32.2. The van der Waals surface area contributed by atoms with Gasteiger partial charge in [-0.3, -0.25) is 4.79 Å². The maximum absolute atomic E-state index is 10.7. The van der Waals surface area contributed by atoms with Gasteiger partial charge in [-0.25, -0.2) is 4.79 Å². The molecule has 0 saturated heterocycles. The summed E-state index contributed by atoms with van der Waals surface area (Å²) in [5.41, 5.74) is 0. The van der Waals surface area contributed by atoms with Crippen LogP contribution in [0, 0.1) is 0 Å². The van der Waals surface area contributed by atoms with Crippen molar-refractivity contribution in [3.05, 3.63) is 0 Å². The quantitative estimate of drug-likeness (QED) is 0.460. The number of aliphatic hydroxyl groups excluding tert-OH is 1. The van der Waals surface area contributed by atoms with E-state index in [-0.39, 0.29) is 17.8 Å². The Labute approximate surface area is 174 Å². The first-order valence-electron chi connectivity index (χ1n) is 10.9. The van der Waals surface area contributed by atoms with Crippen LogP contribution in [-0.4, -0.2) is 57.8 Å². The molecular weight excluding hydrogens is 376 g/mol. The Balaban J connectivity index is 0.000000281. The van der Waals surface area contributed by atoms with Crippen LogP contribution >= 0.6 is 11.8 Å². The van der Waals surface area contributed by atoms with Crippen molar-refractivity contribution in [3.63, 3.8) is 0 Å². The van der Waals surface area contributed by atoms with E-state index in [0.29, 0.717) is 12.2 Å². The number of rotatable bonds is 9. The molecule has 0 aliphatic heterocycles. The number of hydrogen-bond donors (Lipinski definition) is 4. The molecular formula is C21H40N2O4S. The fourth-order valence-electron chi connectivity index (χ4n) is 3.82. The number of hydrogen-bond acceptors (Lipinski definition) is 5. The van der Waals surface area contributed by atoms with Gasteiger partial charge in [0.25, 0.3) is 0 Å². The molecule has 0 spiro atoms. The Morgan fingerprint density at radius 2 is 1.50 bits per heavy atom. The average molecular weight is 417 g/mol. The summed E-state index contributed by atoms with van der Waals surface area (Å²) < 4.78 is 0. The predicted octanol–water partition coefficient (Wildman–Crippen LogP) is 3.32. The van der Waals surface area contributed by atoms with Crippen molar-refractivity contribution >= 4 is 23.6 Å². The Hall–Kier alpha value is -0.790. The van der Waals surface area contributed by atoms with Gasteiger partial charge in [0.05, 0.1) is 0 Å². The lowest BCUT2D eigenvalue weighted by molar-refractivity contribution is -0.140. The number of carboxylic acid groups (broad SMARTS) is 1. The van der Waals surface area contributed by atoms with E-state index in [9.17, 15) is 9.59 Å². The van der Waals surface area contributed by atoms with Crippen LogP contribution in [0.15, 0.2) is 0 Å². The van der Waals surface area contributed by atoms with Crippen molar-refractivity contribution in [2.45, 2.75) is 108 Å². The summed E-state index contributed by atoms with van der Waals surface area (Å²) in [6.07, 6.45) is 15.2. The molecule has 2 rings (SSSR count). The molecule has 1 unspecified atom stereocenters. The molecule has 164 valence electrons. The van der Waals surface area contributed by atoms with Crippen LogP contribution in [0.3, 0.4) is 0 Å². The highest BCUT2D eigenvalue weighted by molar-refractivity contribution is 7.99. The largest absolute Gasteiger partial charge is 0.480 e. The molecule has 6 nitrogen and oxygen atoms in total. The fourth-order valence-corrected chi connectivity index (χ4v) is 4.84. The van der Waals surface area contributed by atoms with E-state index >= 15 is 0 Å². The first kappa shape index (κ1) is 25.2. The number of aliphatic hydroxyl groups is 1. The Bertz CT molecular complexity index is 422. The normalized spacial score (nSPS) is 20.5. The van der Waals surface area contributed by atoms with Gasteiger partial charge in [-0.15, -0.1) is 0 Å². The number of thioether (sulfide) groups is 1. The second-order valence-corrected chi connectivity index (χ2v) is 9.56. The van der Waals surface area contributed by atoms with Gasteiger partial charge in [0.2, 0.25) is 5.91 Å². The van der Waals surface area contributed by atoms with Crippen LogP contribution in [0.5, 0.6) is 0 Å². The van der Waals surface area contributed by atoms with Gasteiger partial charge in [-0.1, -0.05) is 45.4 Å². The van der Waals surface area contributed by atoms with Gasteiger partial charge in [0.1, 0.15) is 6.04 Å². The Kier molecular flexibility index (Phi) is 13.6. The van der Waals surface area contributed by atoms with Crippen molar-refractivity contribution in [2.24, 2.45) is 0 Å². The third kappa shape index (κ3) is 11.9. The lowest BCUT2D eigenvalue weighted by Crippen LogP contribution is -2.41. The van der Waals surface area contributed by atoms with Crippen LogP contribution in [0.1, 0.15) is 84.5 Å². The van der Waals surface area contributed by atoms with Crippen LogP contribution in [-0.2, 0) is 9.59 Å². The van der Waals surface area contributed by atoms with Crippen molar-refractivity contribution < 1.29 is 19.8 Å². The molecule has 0 heterocycles. The number of carboxylic acids is 1. The van der Waals surface area contributed by atoms with Crippen LogP contribution in [0.2, 0.25) is 0 Å². The zero-order chi connectivity index (χ0) is 20.8. The summed E-state index contributed by atoms with van der Waals surface area (Å²) >= 11 is 1.42. The minimum atomic E-state index is -1.03. The third-order valence-corrected chi connectivity index (χ3v) is 6.77. The van der Waals surface area contributed by atoms with Gasteiger partial charge in [-0.2, -0.15) is 11.8 Å². The molecule has 0 bridgehead atoms. The smallest absolute Gasteiger partial charge is 0.327 e. The molecule has 0 aromatic rings. The molecule has 7 heteroatoms. The molecule has 2 aliphatic carbocycles. The Morgan fingerprint density at radius 1 is 1.00 bits per heavy atom. The van der Waals surface area contributed by atoms with E-state index in [4.69, 9.17) is 10.2 Å². The lowest BCUT2D eigenvalue weighted by Gasteiger charge is -2.30. The Morgan fingerprint density at radius 3 is 1.89 bits per heavy atom. The molecule has 1 amide bonds. The van der Waals surface area contributed by atoms with E-state index < -0.39 is 12.0 Å². The topological polar surface area (TPSA) is 98.7 Å². The minimum absolute atomic E-state index is 0.0893. The van der Waals surface area contributed by atoms with Gasteiger partial charge in [-0.05, 0) is 32.1 Å². The van der Waals surface area contributed by atoms with Gasteiger partial charge in [0, 0.05) is 36.6 Å². The molecule has 4 N–H and O–H groups in total. The molecule has 2 saturated carbocycles. The number of carbonyl (C=O) groups excluding carboxylic acids is 1. The van der Waals surface area contributed by atoms with E-state index in [0.717, 1.165) is 12.1 Å². The summed E-state index contributed by atoms with van der Waals surface area (Å²) in [7, 11) is 0. The zero-order valence-electron chi connectivity index (χ0n) is 17.6. The van der Waals surface area contributed by atoms with Gasteiger partial charge < -0.3 is 20.8 Å². The number of aliphatic carboxylic acids is 1. The number of carbonyl (C=O) groups is 2. The van der Waals surface area contributed by atoms with Crippen molar-refractivity contribution in [1.82, 2.24) is 10.6 Å². The predicted molar refractivity (Wildman–Crippen MR) is 116 cm³/mol. The lowest BCUT2D eigenvalue weighted by atomic mass is 9.91. The first-order chi connectivity index (χ1) is 13.4. The third-order valence-electron chi connectivity index (χ3n) is 5.44. The van der Waals surface area contributed by atoms with Crippen molar-refractivity contribution in [2.75, 3.05) is 12.4 Å². The molecule has 2 atom stereocenters. The van der Waals surface area contributed by atoms with Crippen molar-refractivity contribution in [3.8, 4) is 0 Å². The van der Waals surface area contributed by atoms with Gasteiger partial charge >= 0.3 is 5.97 Å². The standard InChI is InChI=1S/C12H23N.C9H17NO4S/c1-3-7-11(8-4-1)13-12-9-5-2-6-10-12;1-6(3-4-11)15-5-8(9(13)14)10-7(2)12/h11-13H,1-10H2;6,8,11H,3-5H2,1-2H3,(H,10,12)(H,13,14)/t;6?,8-/m.0/s1. The summed E-state index contributed by atoms with van der Waals surface area (Å²) in [6, 6.07) is 0.891. The van der Waals surface area contributed by atoms with E-state index in [1.807, 2.05) is 6.92 Å².